The lowest BCUT2D eigenvalue weighted by Gasteiger charge is -2.12. The van der Waals surface area contributed by atoms with Crippen LogP contribution in [0.5, 0.6) is 5.75 Å². The molecule has 1 aromatic carbocycles. The van der Waals surface area contributed by atoms with Gasteiger partial charge in [-0.25, -0.2) is 0 Å². The first-order valence-corrected chi connectivity index (χ1v) is 11.0. The molecule has 0 saturated heterocycles. The second-order valence-corrected chi connectivity index (χ2v) is 7.01. The van der Waals surface area contributed by atoms with Crippen LogP contribution in [0.3, 0.4) is 0 Å². The second kappa shape index (κ2) is 17.6. The van der Waals surface area contributed by atoms with Gasteiger partial charge in [0.2, 0.25) is 0 Å². The smallest absolute Gasteiger partial charge is 0.344 e. The molecular weight excluding hydrogens is 382 g/mol. The van der Waals surface area contributed by atoms with Crippen LogP contribution in [0.25, 0.3) is 5.57 Å². The van der Waals surface area contributed by atoms with Gasteiger partial charge in [0, 0.05) is 5.56 Å². The van der Waals surface area contributed by atoms with Gasteiger partial charge >= 0.3 is 10.4 Å². The van der Waals surface area contributed by atoms with E-state index in [0.717, 1.165) is 17.7 Å². The number of benzene rings is 1. The van der Waals surface area contributed by atoms with Gasteiger partial charge in [0.1, 0.15) is 0 Å². The lowest BCUT2D eigenvalue weighted by molar-refractivity contribution is -0.202. The zero-order valence-electron chi connectivity index (χ0n) is 17.4. The standard InChI is InChI=1S/C20H32O2.H3N.H2O4S/c1-4-7-8-9-10-11-12-15-18(5-2)19-16-13-14-17-20(19)22-21-6-3;;1-5(2,3)4/h5,13-14,16-17H,4,6-12,15H2,1-3H3;1H3;(H2,1,2,3,4). The molecule has 7 nitrogen and oxygen atoms in total. The third-order valence-electron chi connectivity index (χ3n) is 3.90. The fourth-order valence-electron chi connectivity index (χ4n) is 2.63. The van der Waals surface area contributed by atoms with Crippen molar-refractivity contribution in [2.24, 2.45) is 0 Å². The summed E-state index contributed by atoms with van der Waals surface area (Å²) in [6, 6.07) is 8.13. The fraction of sp³-hybridized carbons (Fsp3) is 0.600. The molecule has 0 saturated carbocycles. The van der Waals surface area contributed by atoms with Crippen molar-refractivity contribution in [2.75, 3.05) is 6.61 Å². The molecule has 0 aliphatic heterocycles. The third-order valence-corrected chi connectivity index (χ3v) is 3.90. The van der Waals surface area contributed by atoms with Crippen LogP contribution in [-0.4, -0.2) is 24.1 Å². The van der Waals surface area contributed by atoms with Gasteiger partial charge < -0.3 is 11.0 Å². The Kier molecular flexibility index (Phi) is 18.1. The molecule has 0 aliphatic carbocycles. The molecule has 0 aromatic heterocycles. The van der Waals surface area contributed by atoms with E-state index in [1.54, 1.807) is 0 Å². The van der Waals surface area contributed by atoms with E-state index in [2.05, 4.69) is 32.1 Å². The van der Waals surface area contributed by atoms with Crippen LogP contribution in [-0.2, 0) is 15.3 Å². The summed E-state index contributed by atoms with van der Waals surface area (Å²) in [6.07, 6.45) is 12.7. The second-order valence-electron chi connectivity index (χ2n) is 6.12. The van der Waals surface area contributed by atoms with Crippen LogP contribution in [0, 0.1) is 0 Å². The molecule has 0 aliphatic rings. The predicted molar refractivity (Wildman–Crippen MR) is 114 cm³/mol. The van der Waals surface area contributed by atoms with E-state index in [4.69, 9.17) is 27.3 Å². The monoisotopic (exact) mass is 419 g/mol. The molecule has 5 N–H and O–H groups in total. The van der Waals surface area contributed by atoms with Crippen molar-refractivity contribution in [2.45, 2.75) is 72.1 Å². The third kappa shape index (κ3) is 16.7. The highest BCUT2D eigenvalue weighted by Crippen LogP contribution is 2.30. The number of allylic oxidation sites excluding steroid dienone is 2. The minimum Gasteiger partial charge on any atom is -0.344 e. The number of unbranched alkanes of at least 4 members (excludes halogenated alkanes) is 6. The van der Waals surface area contributed by atoms with Crippen molar-refractivity contribution >= 4 is 16.0 Å². The summed E-state index contributed by atoms with van der Waals surface area (Å²) >= 11 is 0. The topological polar surface area (TPSA) is 128 Å². The van der Waals surface area contributed by atoms with Crippen LogP contribution in [0.15, 0.2) is 30.3 Å². The molecule has 0 bridgehead atoms. The Morgan fingerprint density at radius 3 is 2.07 bits per heavy atom. The van der Waals surface area contributed by atoms with E-state index < -0.39 is 10.4 Å². The highest BCUT2D eigenvalue weighted by molar-refractivity contribution is 7.79. The predicted octanol–water partition coefficient (Wildman–Crippen LogP) is 6.07. The highest BCUT2D eigenvalue weighted by atomic mass is 32.3. The normalized spacial score (nSPS) is 11.2. The Labute approximate surface area is 170 Å². The molecule has 1 rings (SSSR count). The van der Waals surface area contributed by atoms with Crippen molar-refractivity contribution in [3.63, 3.8) is 0 Å². The number of rotatable bonds is 12. The molecule has 0 unspecified atom stereocenters. The maximum absolute atomic E-state index is 8.74. The van der Waals surface area contributed by atoms with Crippen molar-refractivity contribution in [1.29, 1.82) is 0 Å². The quantitative estimate of drug-likeness (QED) is 0.162. The van der Waals surface area contributed by atoms with Crippen LogP contribution in [0.2, 0.25) is 0 Å². The molecule has 0 fully saturated rings. The van der Waals surface area contributed by atoms with Crippen LogP contribution in [0.1, 0.15) is 77.7 Å². The summed E-state index contributed by atoms with van der Waals surface area (Å²) in [5.41, 5.74) is 2.51. The van der Waals surface area contributed by atoms with Gasteiger partial charge in [0.15, 0.2) is 5.75 Å². The zero-order chi connectivity index (χ0) is 20.5. The summed E-state index contributed by atoms with van der Waals surface area (Å²) in [7, 11) is -4.67. The first-order valence-electron chi connectivity index (χ1n) is 9.57. The summed E-state index contributed by atoms with van der Waals surface area (Å²) < 4.78 is 31.6. The largest absolute Gasteiger partial charge is 0.394 e. The molecule has 0 heterocycles. The van der Waals surface area contributed by atoms with Gasteiger partial charge in [-0.15, -0.1) is 0 Å². The van der Waals surface area contributed by atoms with Crippen LogP contribution >= 0.6 is 0 Å². The lowest BCUT2D eigenvalue weighted by atomic mass is 9.98. The minimum absolute atomic E-state index is 0. The molecule has 28 heavy (non-hydrogen) atoms. The molecule has 0 spiro atoms. The summed E-state index contributed by atoms with van der Waals surface area (Å²) in [5, 5.41) is 0. The summed E-state index contributed by atoms with van der Waals surface area (Å²) in [5.74, 6) is 0.820. The number of hydrogen-bond donors (Lipinski definition) is 3. The first-order chi connectivity index (χ1) is 12.8. The summed E-state index contributed by atoms with van der Waals surface area (Å²) in [6.45, 7) is 6.85. The van der Waals surface area contributed by atoms with Crippen molar-refractivity contribution in [1.82, 2.24) is 6.15 Å². The SMILES string of the molecule is CC=C(CCCCCCCCC)c1ccccc1OOCC.N.O=S(=O)(O)O. The number of para-hydroxylation sites is 1. The van der Waals surface area contributed by atoms with Crippen molar-refractivity contribution in [3.05, 3.63) is 35.9 Å². The fourth-order valence-corrected chi connectivity index (χ4v) is 2.63. The Morgan fingerprint density at radius 2 is 1.54 bits per heavy atom. The Hall–Kier alpha value is -1.45. The zero-order valence-corrected chi connectivity index (χ0v) is 18.2. The van der Waals surface area contributed by atoms with Gasteiger partial charge in [-0.2, -0.15) is 13.3 Å². The van der Waals surface area contributed by atoms with Gasteiger partial charge in [-0.3, -0.25) is 9.11 Å². The van der Waals surface area contributed by atoms with E-state index in [1.165, 1.54) is 50.5 Å². The highest BCUT2D eigenvalue weighted by Gasteiger charge is 2.08. The maximum Gasteiger partial charge on any atom is 0.394 e. The van der Waals surface area contributed by atoms with Gasteiger partial charge in [-0.05, 0) is 38.3 Å². The van der Waals surface area contributed by atoms with E-state index in [-0.39, 0.29) is 6.15 Å². The average Bonchev–Trinajstić information content (AvgIpc) is 2.61. The van der Waals surface area contributed by atoms with Crippen LogP contribution in [0.4, 0.5) is 0 Å². The van der Waals surface area contributed by atoms with E-state index in [9.17, 15) is 0 Å². The molecule has 0 amide bonds. The van der Waals surface area contributed by atoms with Crippen molar-refractivity contribution < 1.29 is 27.3 Å². The molecule has 0 radical (unpaired) electrons. The molecule has 1 aromatic rings. The van der Waals surface area contributed by atoms with Crippen LogP contribution < -0.4 is 11.0 Å². The average molecular weight is 420 g/mol. The van der Waals surface area contributed by atoms with Gasteiger partial charge in [-0.1, -0.05) is 69.7 Å². The molecule has 0 atom stereocenters. The maximum atomic E-state index is 8.74. The van der Waals surface area contributed by atoms with E-state index >= 15 is 0 Å². The Bertz CT molecular complexity index is 623. The Balaban J connectivity index is 0. The van der Waals surface area contributed by atoms with Gasteiger partial charge in [0.25, 0.3) is 0 Å². The minimum atomic E-state index is -4.67. The summed E-state index contributed by atoms with van der Waals surface area (Å²) in [4.78, 5) is 10.5. The first kappa shape index (κ1) is 28.8. The van der Waals surface area contributed by atoms with E-state index in [1.807, 2.05) is 19.1 Å². The van der Waals surface area contributed by atoms with Gasteiger partial charge in [0.05, 0.1) is 6.61 Å². The molecule has 164 valence electrons. The molecule has 8 heteroatoms. The lowest BCUT2D eigenvalue weighted by Crippen LogP contribution is -1.99. The molecular formula is C20H37NO6S. The van der Waals surface area contributed by atoms with E-state index in [0.29, 0.717) is 6.61 Å². The Morgan fingerprint density at radius 1 is 1.00 bits per heavy atom. The van der Waals surface area contributed by atoms with Crippen molar-refractivity contribution in [3.8, 4) is 5.75 Å². The number of hydrogen-bond acceptors (Lipinski definition) is 5.